The summed E-state index contributed by atoms with van der Waals surface area (Å²) in [6, 6.07) is 9.59. The fraction of sp³-hybridized carbons (Fsp3) is 0.263. The number of nitrogens with one attached hydrogen (secondary N) is 1. The van der Waals surface area contributed by atoms with Gasteiger partial charge in [0.1, 0.15) is 5.75 Å². The molecule has 0 aliphatic heterocycles. The second kappa shape index (κ2) is 8.94. The van der Waals surface area contributed by atoms with E-state index >= 15 is 0 Å². The van der Waals surface area contributed by atoms with Crippen LogP contribution in [-0.2, 0) is 4.79 Å². The first-order valence-electron chi connectivity index (χ1n) is 8.21. The zero-order chi connectivity index (χ0) is 19.1. The highest BCUT2D eigenvalue weighted by Gasteiger charge is 2.13. The van der Waals surface area contributed by atoms with Gasteiger partial charge in [0, 0.05) is 30.4 Å². The van der Waals surface area contributed by atoms with E-state index < -0.39 is 17.5 Å². The largest absolute Gasteiger partial charge is 0.484 e. The van der Waals surface area contributed by atoms with Gasteiger partial charge < -0.3 is 15.0 Å². The van der Waals surface area contributed by atoms with Crippen LogP contribution in [-0.4, -0.2) is 36.4 Å². The van der Waals surface area contributed by atoms with E-state index in [1.165, 1.54) is 6.07 Å². The minimum absolute atomic E-state index is 0.0458. The van der Waals surface area contributed by atoms with Crippen molar-refractivity contribution in [2.24, 2.45) is 0 Å². The number of benzene rings is 2. The van der Waals surface area contributed by atoms with Crippen LogP contribution in [0.3, 0.4) is 0 Å². The molecule has 26 heavy (non-hydrogen) atoms. The van der Waals surface area contributed by atoms with Gasteiger partial charge in [-0.05, 0) is 44.2 Å². The molecule has 0 fully saturated rings. The normalized spacial score (nSPS) is 10.3. The van der Waals surface area contributed by atoms with Gasteiger partial charge in [-0.3, -0.25) is 9.59 Å². The molecule has 2 aromatic carbocycles. The van der Waals surface area contributed by atoms with Gasteiger partial charge >= 0.3 is 0 Å². The van der Waals surface area contributed by atoms with E-state index in [9.17, 15) is 18.4 Å². The van der Waals surface area contributed by atoms with Crippen LogP contribution in [0.2, 0.25) is 0 Å². The quantitative estimate of drug-likeness (QED) is 0.821. The van der Waals surface area contributed by atoms with Gasteiger partial charge in [-0.25, -0.2) is 8.78 Å². The number of halogens is 2. The third-order valence-electron chi connectivity index (χ3n) is 3.70. The molecule has 0 unspecified atom stereocenters. The molecule has 0 aromatic heterocycles. The molecule has 5 nitrogen and oxygen atoms in total. The summed E-state index contributed by atoms with van der Waals surface area (Å²) in [5, 5.41) is 2.61. The molecule has 0 aliphatic rings. The van der Waals surface area contributed by atoms with Crippen LogP contribution in [0.15, 0.2) is 42.5 Å². The average molecular weight is 362 g/mol. The molecule has 2 aromatic rings. The minimum Gasteiger partial charge on any atom is -0.484 e. The molecule has 0 saturated carbocycles. The Hall–Kier alpha value is -2.96. The van der Waals surface area contributed by atoms with Gasteiger partial charge in [0.2, 0.25) is 0 Å². The molecule has 0 heterocycles. The summed E-state index contributed by atoms with van der Waals surface area (Å²) in [6.07, 6.45) is 0. The average Bonchev–Trinajstić information content (AvgIpc) is 2.64. The summed E-state index contributed by atoms with van der Waals surface area (Å²) >= 11 is 0. The maximum atomic E-state index is 13.1. The molecule has 0 spiro atoms. The lowest BCUT2D eigenvalue weighted by Crippen LogP contribution is -2.30. The first-order valence-corrected chi connectivity index (χ1v) is 8.21. The van der Waals surface area contributed by atoms with Gasteiger partial charge in [0.05, 0.1) is 0 Å². The molecular formula is C19H20F2N2O3. The Balaban J connectivity index is 1.97. The van der Waals surface area contributed by atoms with Crippen molar-refractivity contribution in [2.75, 3.05) is 25.0 Å². The van der Waals surface area contributed by atoms with Crippen molar-refractivity contribution in [3.63, 3.8) is 0 Å². The molecule has 7 heteroatoms. The van der Waals surface area contributed by atoms with Crippen molar-refractivity contribution < 1.29 is 23.1 Å². The van der Waals surface area contributed by atoms with E-state index in [1.807, 2.05) is 13.8 Å². The van der Waals surface area contributed by atoms with Crippen LogP contribution >= 0.6 is 0 Å². The summed E-state index contributed by atoms with van der Waals surface area (Å²) < 4.78 is 31.1. The van der Waals surface area contributed by atoms with Crippen molar-refractivity contribution in [3.05, 3.63) is 59.7 Å². The highest BCUT2D eigenvalue weighted by atomic mass is 19.2. The number of carbonyl (C=O) groups is 2. The van der Waals surface area contributed by atoms with Crippen LogP contribution in [0.1, 0.15) is 24.2 Å². The fourth-order valence-corrected chi connectivity index (χ4v) is 2.34. The summed E-state index contributed by atoms with van der Waals surface area (Å²) in [5.74, 6) is -2.60. The van der Waals surface area contributed by atoms with E-state index in [4.69, 9.17) is 4.74 Å². The van der Waals surface area contributed by atoms with Crippen LogP contribution in [0.25, 0.3) is 0 Å². The number of hydrogen-bond donors (Lipinski definition) is 1. The zero-order valence-electron chi connectivity index (χ0n) is 14.6. The highest BCUT2D eigenvalue weighted by molar-refractivity contribution is 5.97. The smallest absolute Gasteiger partial charge is 0.262 e. The number of carbonyl (C=O) groups excluding carboxylic acids is 2. The number of ether oxygens (including phenoxy) is 1. The SMILES string of the molecule is CCN(CC)C(=O)c1cccc(NC(=O)COc2ccc(F)c(F)c2)c1. The molecule has 0 aliphatic carbocycles. The predicted molar refractivity (Wildman–Crippen MR) is 94.2 cm³/mol. The van der Waals surface area contributed by atoms with Gasteiger partial charge in [0.15, 0.2) is 18.2 Å². The van der Waals surface area contributed by atoms with Gasteiger partial charge in [0.25, 0.3) is 11.8 Å². The Bertz CT molecular complexity index is 792. The second-order valence-corrected chi connectivity index (χ2v) is 5.47. The Morgan fingerprint density at radius 1 is 1.04 bits per heavy atom. The van der Waals surface area contributed by atoms with Crippen LogP contribution in [0, 0.1) is 11.6 Å². The maximum absolute atomic E-state index is 13.1. The van der Waals surface area contributed by atoms with Crippen molar-refractivity contribution >= 4 is 17.5 Å². The summed E-state index contributed by atoms with van der Waals surface area (Å²) in [4.78, 5) is 26.0. The van der Waals surface area contributed by atoms with E-state index in [-0.39, 0.29) is 18.3 Å². The third kappa shape index (κ3) is 5.02. The first-order chi connectivity index (χ1) is 12.4. The van der Waals surface area contributed by atoms with Crippen LogP contribution in [0.5, 0.6) is 5.75 Å². The fourth-order valence-electron chi connectivity index (χ4n) is 2.34. The summed E-state index contributed by atoms with van der Waals surface area (Å²) in [6.45, 7) is 4.59. The summed E-state index contributed by atoms with van der Waals surface area (Å²) in [5.41, 5.74) is 0.912. The number of rotatable bonds is 7. The minimum atomic E-state index is -1.05. The monoisotopic (exact) mass is 362 g/mol. The van der Waals surface area contributed by atoms with Crippen LogP contribution < -0.4 is 10.1 Å². The molecular weight excluding hydrogens is 342 g/mol. The number of anilines is 1. The maximum Gasteiger partial charge on any atom is 0.262 e. The van der Waals surface area contributed by atoms with Crippen molar-refractivity contribution in [1.29, 1.82) is 0 Å². The molecule has 0 atom stereocenters. The number of nitrogens with zero attached hydrogens (tertiary/aromatic N) is 1. The van der Waals surface area contributed by atoms with E-state index in [2.05, 4.69) is 5.32 Å². The highest BCUT2D eigenvalue weighted by Crippen LogP contribution is 2.16. The Morgan fingerprint density at radius 2 is 1.77 bits per heavy atom. The zero-order valence-corrected chi connectivity index (χ0v) is 14.6. The Morgan fingerprint density at radius 3 is 2.42 bits per heavy atom. The number of hydrogen-bond acceptors (Lipinski definition) is 3. The predicted octanol–water partition coefficient (Wildman–Crippen LogP) is 3.46. The summed E-state index contributed by atoms with van der Waals surface area (Å²) in [7, 11) is 0. The number of amides is 2. The molecule has 0 radical (unpaired) electrons. The van der Waals surface area contributed by atoms with Crippen molar-refractivity contribution in [3.8, 4) is 5.75 Å². The molecule has 138 valence electrons. The first kappa shape index (κ1) is 19.4. The Kier molecular flexibility index (Phi) is 6.66. The lowest BCUT2D eigenvalue weighted by molar-refractivity contribution is -0.118. The molecule has 2 amide bonds. The van der Waals surface area contributed by atoms with E-state index in [0.29, 0.717) is 24.3 Å². The lowest BCUT2D eigenvalue weighted by Gasteiger charge is -2.19. The van der Waals surface area contributed by atoms with E-state index in [0.717, 1.165) is 12.1 Å². The van der Waals surface area contributed by atoms with Gasteiger partial charge in [-0.1, -0.05) is 6.07 Å². The molecule has 0 saturated heterocycles. The van der Waals surface area contributed by atoms with Crippen molar-refractivity contribution in [1.82, 2.24) is 4.90 Å². The molecule has 1 N–H and O–H groups in total. The Labute approximate surface area is 150 Å². The lowest BCUT2D eigenvalue weighted by atomic mass is 10.1. The van der Waals surface area contributed by atoms with Gasteiger partial charge in [-0.15, -0.1) is 0 Å². The molecule has 0 bridgehead atoms. The standard InChI is InChI=1S/C19H20F2N2O3/c1-3-23(4-2)19(25)13-6-5-7-14(10-13)22-18(24)12-26-15-8-9-16(20)17(21)11-15/h5-11H,3-4,12H2,1-2H3,(H,22,24). The van der Waals surface area contributed by atoms with Crippen molar-refractivity contribution in [2.45, 2.75) is 13.8 Å². The van der Waals surface area contributed by atoms with Gasteiger partial charge in [-0.2, -0.15) is 0 Å². The third-order valence-corrected chi connectivity index (χ3v) is 3.70. The van der Waals surface area contributed by atoms with E-state index in [1.54, 1.807) is 29.2 Å². The van der Waals surface area contributed by atoms with Crippen LogP contribution in [0.4, 0.5) is 14.5 Å². The topological polar surface area (TPSA) is 58.6 Å². The molecule has 2 rings (SSSR count). The second-order valence-electron chi connectivity index (χ2n) is 5.47.